The van der Waals surface area contributed by atoms with Crippen LogP contribution in [0.15, 0.2) is 24.3 Å². The molecule has 1 fully saturated rings. The predicted octanol–water partition coefficient (Wildman–Crippen LogP) is 3.43. The van der Waals surface area contributed by atoms with Crippen molar-refractivity contribution in [3.63, 3.8) is 0 Å². The fourth-order valence-corrected chi connectivity index (χ4v) is 1.61. The Kier molecular flexibility index (Phi) is 3.07. The Hall–Kier alpha value is -0.980. The molecular weight excluding hydrogens is 172 g/mol. The Bertz CT molecular complexity index is 289. The van der Waals surface area contributed by atoms with E-state index >= 15 is 0 Å². The second kappa shape index (κ2) is 4.50. The lowest BCUT2D eigenvalue weighted by molar-refractivity contribution is 0.302. The maximum atomic E-state index is 5.70. The van der Waals surface area contributed by atoms with Gasteiger partial charge in [-0.25, -0.2) is 0 Å². The van der Waals surface area contributed by atoms with Gasteiger partial charge in [-0.05, 0) is 36.5 Å². The fourth-order valence-electron chi connectivity index (χ4n) is 1.61. The molecule has 2 rings (SSSR count). The molecule has 0 aromatic heterocycles. The number of hydrogen-bond donors (Lipinski definition) is 0. The third-order valence-electron chi connectivity index (χ3n) is 2.80. The van der Waals surface area contributed by atoms with Crippen LogP contribution in [0.2, 0.25) is 0 Å². The van der Waals surface area contributed by atoms with Crippen LogP contribution in [0, 0.1) is 5.92 Å². The zero-order chi connectivity index (χ0) is 9.80. The van der Waals surface area contributed by atoms with E-state index in [-0.39, 0.29) is 0 Å². The second-order valence-electron chi connectivity index (χ2n) is 4.08. The third kappa shape index (κ3) is 2.76. The molecule has 0 spiro atoms. The monoisotopic (exact) mass is 190 g/mol. The normalized spacial score (nSPS) is 15.5. The molecule has 1 saturated carbocycles. The molecule has 0 bridgehead atoms. The van der Waals surface area contributed by atoms with Gasteiger partial charge < -0.3 is 4.74 Å². The highest BCUT2D eigenvalue weighted by Crippen LogP contribution is 2.32. The lowest BCUT2D eigenvalue weighted by atomic mass is 10.2. The summed E-state index contributed by atoms with van der Waals surface area (Å²) in [4.78, 5) is 0. The van der Waals surface area contributed by atoms with Crippen molar-refractivity contribution in [1.29, 1.82) is 0 Å². The quantitative estimate of drug-likeness (QED) is 0.691. The third-order valence-corrected chi connectivity index (χ3v) is 2.80. The maximum absolute atomic E-state index is 5.70. The van der Waals surface area contributed by atoms with E-state index in [9.17, 15) is 0 Å². The lowest BCUT2D eigenvalue weighted by Crippen LogP contribution is -1.98. The maximum Gasteiger partial charge on any atom is 0.119 e. The number of benzene rings is 1. The molecule has 1 aromatic rings. The van der Waals surface area contributed by atoms with Gasteiger partial charge in [-0.15, -0.1) is 0 Å². The highest BCUT2D eigenvalue weighted by atomic mass is 16.5. The molecule has 0 heterocycles. The average molecular weight is 190 g/mol. The van der Waals surface area contributed by atoms with E-state index in [1.807, 2.05) is 6.07 Å². The summed E-state index contributed by atoms with van der Waals surface area (Å²) in [6, 6.07) is 8.41. The first-order valence-electron chi connectivity index (χ1n) is 5.60. The molecule has 1 aliphatic rings. The summed E-state index contributed by atoms with van der Waals surface area (Å²) in [7, 11) is 0. The van der Waals surface area contributed by atoms with Gasteiger partial charge in [0.1, 0.15) is 5.75 Å². The molecule has 0 N–H and O–H groups in total. The molecule has 1 heteroatoms. The van der Waals surface area contributed by atoms with Gasteiger partial charge in [0, 0.05) is 0 Å². The molecule has 0 saturated heterocycles. The second-order valence-corrected chi connectivity index (χ2v) is 4.08. The minimum atomic E-state index is 0.887. The predicted molar refractivity (Wildman–Crippen MR) is 58.7 cm³/mol. The molecule has 1 aromatic carbocycles. The minimum absolute atomic E-state index is 0.887. The zero-order valence-electron chi connectivity index (χ0n) is 8.83. The van der Waals surface area contributed by atoms with Crippen molar-refractivity contribution in [2.24, 2.45) is 5.92 Å². The van der Waals surface area contributed by atoms with Gasteiger partial charge in [0.05, 0.1) is 6.61 Å². The van der Waals surface area contributed by atoms with Crippen LogP contribution in [-0.4, -0.2) is 6.61 Å². The molecule has 0 radical (unpaired) electrons. The molecule has 1 nitrogen and oxygen atoms in total. The van der Waals surface area contributed by atoms with Gasteiger partial charge in [0.2, 0.25) is 0 Å². The molecular formula is C13H18O. The van der Waals surface area contributed by atoms with Crippen LogP contribution in [0.4, 0.5) is 0 Å². The van der Waals surface area contributed by atoms with Gasteiger partial charge in [-0.3, -0.25) is 0 Å². The fraction of sp³-hybridized carbons (Fsp3) is 0.538. The summed E-state index contributed by atoms with van der Waals surface area (Å²) in [5, 5.41) is 0. The molecule has 14 heavy (non-hydrogen) atoms. The van der Waals surface area contributed by atoms with Crippen LogP contribution in [-0.2, 0) is 6.42 Å². The van der Waals surface area contributed by atoms with E-state index in [4.69, 9.17) is 4.74 Å². The van der Waals surface area contributed by atoms with Crippen LogP contribution in [0.5, 0.6) is 5.75 Å². The van der Waals surface area contributed by atoms with Crippen molar-refractivity contribution in [1.82, 2.24) is 0 Å². The standard InChI is InChI=1S/C13H18O/c1-2-11-4-3-5-13(10-11)14-9-8-12-6-7-12/h3-5,10,12H,2,6-9H2,1H3. The van der Waals surface area contributed by atoms with Crippen molar-refractivity contribution in [3.8, 4) is 5.75 Å². The number of ether oxygens (including phenoxy) is 1. The summed E-state index contributed by atoms with van der Waals surface area (Å²) < 4.78 is 5.70. The molecule has 1 aliphatic carbocycles. The zero-order valence-corrected chi connectivity index (χ0v) is 8.83. The molecule has 76 valence electrons. The number of aryl methyl sites for hydroxylation is 1. The van der Waals surface area contributed by atoms with E-state index in [1.54, 1.807) is 0 Å². The van der Waals surface area contributed by atoms with Gasteiger partial charge >= 0.3 is 0 Å². The largest absolute Gasteiger partial charge is 0.494 e. The lowest BCUT2D eigenvalue weighted by Gasteiger charge is -2.06. The van der Waals surface area contributed by atoms with Gasteiger partial charge in [0.15, 0.2) is 0 Å². The molecule has 0 atom stereocenters. The van der Waals surface area contributed by atoms with E-state index < -0.39 is 0 Å². The first kappa shape index (κ1) is 9.57. The summed E-state index contributed by atoms with van der Waals surface area (Å²) in [5.74, 6) is 1.99. The molecule has 0 aliphatic heterocycles. The summed E-state index contributed by atoms with van der Waals surface area (Å²) in [6.45, 7) is 3.06. The SMILES string of the molecule is CCc1cccc(OCCC2CC2)c1. The van der Waals surface area contributed by atoms with Crippen molar-refractivity contribution in [3.05, 3.63) is 29.8 Å². The average Bonchev–Trinajstić information content (AvgIpc) is 3.02. The summed E-state index contributed by atoms with van der Waals surface area (Å²) in [5.41, 5.74) is 1.36. The first-order chi connectivity index (χ1) is 6.88. The van der Waals surface area contributed by atoms with Crippen molar-refractivity contribution in [2.75, 3.05) is 6.61 Å². The highest BCUT2D eigenvalue weighted by Gasteiger charge is 2.20. The van der Waals surface area contributed by atoms with Gasteiger partial charge in [0.25, 0.3) is 0 Å². The highest BCUT2D eigenvalue weighted by molar-refractivity contribution is 5.28. The minimum Gasteiger partial charge on any atom is -0.494 e. The Morgan fingerprint density at radius 2 is 2.21 bits per heavy atom. The first-order valence-corrected chi connectivity index (χ1v) is 5.60. The summed E-state index contributed by atoms with van der Waals surface area (Å²) >= 11 is 0. The van der Waals surface area contributed by atoms with Crippen LogP contribution >= 0.6 is 0 Å². The van der Waals surface area contributed by atoms with E-state index in [2.05, 4.69) is 25.1 Å². The molecule has 0 unspecified atom stereocenters. The van der Waals surface area contributed by atoms with Crippen molar-refractivity contribution < 1.29 is 4.74 Å². The Balaban J connectivity index is 1.81. The van der Waals surface area contributed by atoms with Crippen molar-refractivity contribution in [2.45, 2.75) is 32.6 Å². The van der Waals surface area contributed by atoms with Crippen LogP contribution < -0.4 is 4.74 Å². The Morgan fingerprint density at radius 1 is 1.36 bits per heavy atom. The Labute approximate surface area is 86.1 Å². The van der Waals surface area contributed by atoms with Crippen LogP contribution in [0.1, 0.15) is 31.7 Å². The summed E-state index contributed by atoms with van der Waals surface area (Å²) in [6.07, 6.45) is 5.15. The number of rotatable bonds is 5. The van der Waals surface area contributed by atoms with E-state index in [1.165, 1.54) is 24.8 Å². The van der Waals surface area contributed by atoms with Crippen molar-refractivity contribution >= 4 is 0 Å². The Morgan fingerprint density at radius 3 is 2.93 bits per heavy atom. The van der Waals surface area contributed by atoms with E-state index in [0.29, 0.717) is 0 Å². The van der Waals surface area contributed by atoms with Crippen LogP contribution in [0.25, 0.3) is 0 Å². The van der Waals surface area contributed by atoms with E-state index in [0.717, 1.165) is 24.7 Å². The smallest absolute Gasteiger partial charge is 0.119 e. The van der Waals surface area contributed by atoms with Gasteiger partial charge in [-0.1, -0.05) is 31.9 Å². The van der Waals surface area contributed by atoms with Gasteiger partial charge in [-0.2, -0.15) is 0 Å². The molecule has 0 amide bonds. The van der Waals surface area contributed by atoms with Crippen LogP contribution in [0.3, 0.4) is 0 Å². The number of hydrogen-bond acceptors (Lipinski definition) is 1. The topological polar surface area (TPSA) is 9.23 Å².